The lowest BCUT2D eigenvalue weighted by molar-refractivity contribution is -0.0272. The number of hydrogen-bond donors (Lipinski definition) is 2. The minimum Gasteiger partial charge on any atom is -0.365 e. The Morgan fingerprint density at radius 2 is 1.64 bits per heavy atom. The molecule has 3 heteroatoms. The van der Waals surface area contributed by atoms with Gasteiger partial charge in [-0.1, -0.05) is 0 Å². The number of piperidine rings is 1. The molecule has 0 aromatic heterocycles. The number of ether oxygens (including phenoxy) is 1. The van der Waals surface area contributed by atoms with Gasteiger partial charge < -0.3 is 10.1 Å². The van der Waals surface area contributed by atoms with Crippen LogP contribution < -0.4 is 5.32 Å². The lowest BCUT2D eigenvalue weighted by Crippen LogP contribution is -2.59. The Labute approximate surface area is 93.2 Å². The van der Waals surface area contributed by atoms with Crippen molar-refractivity contribution in [1.82, 2.24) is 5.32 Å². The summed E-state index contributed by atoms with van der Waals surface area (Å²) in [7, 11) is 0. The zero-order valence-corrected chi connectivity index (χ0v) is 10.8. The van der Waals surface area contributed by atoms with Crippen molar-refractivity contribution in [1.29, 1.82) is 0 Å². The third-order valence-electron chi connectivity index (χ3n) is 2.54. The highest BCUT2D eigenvalue weighted by Crippen LogP contribution is 2.31. The monoisotopic (exact) mass is 217 g/mol. The van der Waals surface area contributed by atoms with Crippen LogP contribution in [-0.4, -0.2) is 22.6 Å². The molecule has 1 atom stereocenters. The van der Waals surface area contributed by atoms with Crippen molar-refractivity contribution in [2.45, 2.75) is 70.1 Å². The minimum absolute atomic E-state index is 0.0321. The summed E-state index contributed by atoms with van der Waals surface area (Å²) < 4.78 is 5.79. The van der Waals surface area contributed by atoms with Gasteiger partial charge in [-0.25, -0.2) is 0 Å². The Balaban J connectivity index is 2.62. The van der Waals surface area contributed by atoms with Gasteiger partial charge in [0.25, 0.3) is 0 Å². The summed E-state index contributed by atoms with van der Waals surface area (Å²) in [6.45, 7) is 10.9. The van der Waals surface area contributed by atoms with E-state index in [4.69, 9.17) is 4.74 Å². The van der Waals surface area contributed by atoms with E-state index in [0.29, 0.717) is 6.10 Å². The summed E-state index contributed by atoms with van der Waals surface area (Å²) in [5.74, 6) is 0. The van der Waals surface area contributed by atoms with Crippen molar-refractivity contribution in [2.75, 3.05) is 0 Å². The molecule has 14 heavy (non-hydrogen) atoms. The molecule has 84 valence electrons. The average Bonchev–Trinajstić information content (AvgIpc) is 1.74. The molecule has 0 aliphatic carbocycles. The molecular formula is C11H23NOS. The molecule has 0 saturated carbocycles. The maximum absolute atomic E-state index is 5.79. The highest BCUT2D eigenvalue weighted by molar-refractivity contribution is 7.80. The molecule has 0 bridgehead atoms. The third kappa shape index (κ3) is 3.79. The van der Waals surface area contributed by atoms with Crippen LogP contribution in [0.1, 0.15) is 47.5 Å². The van der Waals surface area contributed by atoms with Crippen LogP contribution in [-0.2, 0) is 4.74 Å². The van der Waals surface area contributed by atoms with Gasteiger partial charge in [0.1, 0.15) is 0 Å². The van der Waals surface area contributed by atoms with E-state index in [-0.39, 0.29) is 16.5 Å². The molecule has 0 spiro atoms. The van der Waals surface area contributed by atoms with Crippen molar-refractivity contribution in [2.24, 2.45) is 0 Å². The molecule has 1 rings (SSSR count). The van der Waals surface area contributed by atoms with Gasteiger partial charge in [-0.15, -0.1) is 12.6 Å². The SMILES string of the molecule is CC(S)OC1CC(C)(C)NC(C)(C)C1. The Bertz CT molecular complexity index is 185. The Morgan fingerprint density at radius 1 is 1.21 bits per heavy atom. The van der Waals surface area contributed by atoms with E-state index in [1.807, 2.05) is 6.92 Å². The molecule has 1 fully saturated rings. The zero-order chi connectivity index (χ0) is 11.0. The normalized spacial score (nSPS) is 28.7. The zero-order valence-electron chi connectivity index (χ0n) is 9.92. The fourth-order valence-corrected chi connectivity index (χ4v) is 2.78. The van der Waals surface area contributed by atoms with Crippen LogP contribution in [0.15, 0.2) is 0 Å². The Morgan fingerprint density at radius 3 is 2.00 bits per heavy atom. The summed E-state index contributed by atoms with van der Waals surface area (Å²) in [5, 5.41) is 3.63. The van der Waals surface area contributed by atoms with Crippen LogP contribution in [0.4, 0.5) is 0 Å². The van der Waals surface area contributed by atoms with Gasteiger partial charge in [0.15, 0.2) is 0 Å². The molecule has 1 saturated heterocycles. The maximum atomic E-state index is 5.79. The lowest BCUT2D eigenvalue weighted by Gasteiger charge is -2.46. The second-order valence-electron chi connectivity index (χ2n) is 5.66. The molecule has 0 aromatic rings. The second kappa shape index (κ2) is 4.03. The highest BCUT2D eigenvalue weighted by atomic mass is 32.1. The summed E-state index contributed by atoms with van der Waals surface area (Å²) in [5.41, 5.74) is 0.356. The Hall–Kier alpha value is 0.270. The first-order valence-corrected chi connectivity index (χ1v) is 5.85. The maximum Gasteiger partial charge on any atom is 0.0975 e. The van der Waals surface area contributed by atoms with E-state index < -0.39 is 0 Å². The van der Waals surface area contributed by atoms with Crippen molar-refractivity contribution < 1.29 is 4.74 Å². The highest BCUT2D eigenvalue weighted by Gasteiger charge is 2.38. The van der Waals surface area contributed by atoms with E-state index in [9.17, 15) is 0 Å². The van der Waals surface area contributed by atoms with E-state index in [0.717, 1.165) is 12.8 Å². The molecule has 1 aliphatic rings. The summed E-state index contributed by atoms with van der Waals surface area (Å²) in [4.78, 5) is 0. The van der Waals surface area contributed by atoms with E-state index >= 15 is 0 Å². The van der Waals surface area contributed by atoms with Gasteiger partial charge in [-0.2, -0.15) is 0 Å². The average molecular weight is 217 g/mol. The van der Waals surface area contributed by atoms with Crippen LogP contribution in [0.5, 0.6) is 0 Å². The standard InChI is InChI=1S/C11H23NOS/c1-8(14)13-9-6-10(2,3)12-11(4,5)7-9/h8-9,12,14H,6-7H2,1-5H3. The van der Waals surface area contributed by atoms with Gasteiger partial charge in [-0.3, -0.25) is 0 Å². The van der Waals surface area contributed by atoms with E-state index in [1.165, 1.54) is 0 Å². The minimum atomic E-state index is 0.0321. The molecule has 0 aromatic carbocycles. The molecule has 2 nitrogen and oxygen atoms in total. The number of nitrogens with one attached hydrogen (secondary N) is 1. The molecule has 0 radical (unpaired) electrons. The summed E-state index contributed by atoms with van der Waals surface area (Å²) in [6.07, 6.45) is 2.44. The fraction of sp³-hybridized carbons (Fsp3) is 1.00. The number of hydrogen-bond acceptors (Lipinski definition) is 3. The Kier molecular flexibility index (Phi) is 3.55. The third-order valence-corrected chi connectivity index (χ3v) is 2.66. The molecule has 1 heterocycles. The van der Waals surface area contributed by atoms with E-state index in [1.54, 1.807) is 0 Å². The van der Waals surface area contributed by atoms with Crippen molar-refractivity contribution >= 4 is 12.6 Å². The molecule has 0 amide bonds. The van der Waals surface area contributed by atoms with Crippen LogP contribution in [0, 0.1) is 0 Å². The number of rotatable bonds is 2. The first-order valence-electron chi connectivity index (χ1n) is 5.33. The lowest BCUT2D eigenvalue weighted by atomic mass is 9.81. The number of thiol groups is 1. The van der Waals surface area contributed by atoms with Gasteiger partial charge >= 0.3 is 0 Å². The van der Waals surface area contributed by atoms with Crippen LogP contribution in [0.3, 0.4) is 0 Å². The smallest absolute Gasteiger partial charge is 0.0975 e. The predicted molar refractivity (Wildman–Crippen MR) is 63.8 cm³/mol. The quantitative estimate of drug-likeness (QED) is 0.548. The molecule has 1 unspecified atom stereocenters. The second-order valence-corrected chi connectivity index (χ2v) is 6.39. The molecule has 1 aliphatic heterocycles. The van der Waals surface area contributed by atoms with Crippen LogP contribution >= 0.6 is 12.6 Å². The first kappa shape index (κ1) is 12.3. The first-order chi connectivity index (χ1) is 6.20. The fourth-order valence-electron chi connectivity index (χ4n) is 2.60. The molecule has 1 N–H and O–H groups in total. The largest absolute Gasteiger partial charge is 0.365 e. The summed E-state index contributed by atoms with van der Waals surface area (Å²) in [6, 6.07) is 0. The van der Waals surface area contributed by atoms with Crippen molar-refractivity contribution in [3.8, 4) is 0 Å². The van der Waals surface area contributed by atoms with Gasteiger partial charge in [0, 0.05) is 11.1 Å². The van der Waals surface area contributed by atoms with Crippen LogP contribution in [0.25, 0.3) is 0 Å². The van der Waals surface area contributed by atoms with Crippen molar-refractivity contribution in [3.05, 3.63) is 0 Å². The van der Waals surface area contributed by atoms with E-state index in [2.05, 4.69) is 45.6 Å². The topological polar surface area (TPSA) is 21.3 Å². The van der Waals surface area contributed by atoms with Gasteiger partial charge in [0.05, 0.1) is 11.5 Å². The van der Waals surface area contributed by atoms with Crippen molar-refractivity contribution in [3.63, 3.8) is 0 Å². The van der Waals surface area contributed by atoms with Crippen LogP contribution in [0.2, 0.25) is 0 Å². The predicted octanol–water partition coefficient (Wildman–Crippen LogP) is 2.59. The van der Waals surface area contributed by atoms with Gasteiger partial charge in [-0.05, 0) is 47.5 Å². The molecular weight excluding hydrogens is 194 g/mol. The summed E-state index contributed by atoms with van der Waals surface area (Å²) >= 11 is 4.28. The van der Waals surface area contributed by atoms with Gasteiger partial charge in [0.2, 0.25) is 0 Å².